The predicted molar refractivity (Wildman–Crippen MR) is 81.0 cm³/mol. The van der Waals surface area contributed by atoms with E-state index in [-0.39, 0.29) is 0 Å². The molecule has 100 valence electrons. The van der Waals surface area contributed by atoms with Crippen LogP contribution >= 0.6 is 11.3 Å². The molecule has 2 heterocycles. The molecule has 1 fully saturated rings. The average Bonchev–Trinajstić information content (AvgIpc) is 2.81. The first-order valence-corrected chi connectivity index (χ1v) is 7.50. The molecule has 3 rings (SSSR count). The summed E-state index contributed by atoms with van der Waals surface area (Å²) in [6.45, 7) is 2.37. The van der Waals surface area contributed by atoms with Gasteiger partial charge in [-0.1, -0.05) is 12.1 Å². The highest BCUT2D eigenvalue weighted by atomic mass is 32.1. The number of rotatable bonds is 3. The van der Waals surface area contributed by atoms with Crippen molar-refractivity contribution in [1.82, 2.24) is 4.90 Å². The third-order valence-corrected chi connectivity index (χ3v) is 4.96. The van der Waals surface area contributed by atoms with Crippen LogP contribution in [0, 0.1) is 0 Å². The number of amides is 1. The van der Waals surface area contributed by atoms with E-state index in [1.54, 1.807) is 11.3 Å². The van der Waals surface area contributed by atoms with Gasteiger partial charge in [0.2, 0.25) is 6.41 Å². The lowest BCUT2D eigenvalue weighted by Crippen LogP contribution is -2.29. The maximum atomic E-state index is 10.5. The van der Waals surface area contributed by atoms with Crippen LogP contribution in [0.2, 0.25) is 0 Å². The van der Waals surface area contributed by atoms with E-state index in [0.717, 1.165) is 11.4 Å². The second-order valence-corrected chi connectivity index (χ2v) is 6.33. The highest BCUT2D eigenvalue weighted by Crippen LogP contribution is 2.34. The zero-order chi connectivity index (χ0) is 13.2. The van der Waals surface area contributed by atoms with E-state index in [1.165, 1.54) is 41.6 Å². The van der Waals surface area contributed by atoms with Crippen molar-refractivity contribution >= 4 is 32.8 Å². The number of carbonyl (C=O) groups is 1. The van der Waals surface area contributed by atoms with Crippen molar-refractivity contribution in [2.45, 2.75) is 18.8 Å². The first-order chi connectivity index (χ1) is 9.26. The molecule has 0 saturated carbocycles. The third-order valence-electron chi connectivity index (χ3n) is 3.94. The molecule has 1 aliphatic rings. The summed E-state index contributed by atoms with van der Waals surface area (Å²) in [7, 11) is 2.19. The Labute approximate surface area is 117 Å². The van der Waals surface area contributed by atoms with Crippen LogP contribution in [0.3, 0.4) is 0 Å². The monoisotopic (exact) mass is 274 g/mol. The maximum Gasteiger partial charge on any atom is 0.212 e. The van der Waals surface area contributed by atoms with E-state index < -0.39 is 0 Å². The zero-order valence-electron chi connectivity index (χ0n) is 11.1. The molecule has 0 bridgehead atoms. The quantitative estimate of drug-likeness (QED) is 0.871. The lowest BCUT2D eigenvalue weighted by Gasteiger charge is -2.29. The molecule has 1 N–H and O–H groups in total. The fraction of sp³-hybridized carbons (Fsp3) is 0.400. The van der Waals surface area contributed by atoms with Crippen LogP contribution in [-0.2, 0) is 4.79 Å². The highest BCUT2D eigenvalue weighted by Gasteiger charge is 2.18. The topological polar surface area (TPSA) is 32.3 Å². The molecule has 0 aliphatic carbocycles. The Morgan fingerprint density at radius 1 is 1.32 bits per heavy atom. The average molecular weight is 274 g/mol. The van der Waals surface area contributed by atoms with Gasteiger partial charge >= 0.3 is 0 Å². The standard InChI is InChI=1S/C15H18N2OS/c1-17-6-4-11(5-7-17)12-2-3-13-9-15(16-10-18)19-14(13)8-12/h2-3,8-11H,4-7H2,1H3,(H,16,18). The summed E-state index contributed by atoms with van der Waals surface area (Å²) in [5.74, 6) is 0.685. The van der Waals surface area contributed by atoms with E-state index >= 15 is 0 Å². The van der Waals surface area contributed by atoms with Crippen molar-refractivity contribution < 1.29 is 4.79 Å². The van der Waals surface area contributed by atoms with Crippen molar-refractivity contribution in [3.63, 3.8) is 0 Å². The van der Waals surface area contributed by atoms with Gasteiger partial charge in [-0.15, -0.1) is 11.3 Å². The van der Waals surface area contributed by atoms with Crippen LogP contribution in [0.25, 0.3) is 10.1 Å². The van der Waals surface area contributed by atoms with Crippen LogP contribution in [0.15, 0.2) is 24.3 Å². The van der Waals surface area contributed by atoms with Crippen LogP contribution in [-0.4, -0.2) is 31.4 Å². The Morgan fingerprint density at radius 3 is 2.84 bits per heavy atom. The SMILES string of the molecule is CN1CCC(c2ccc3cc(NC=O)sc3c2)CC1. The van der Waals surface area contributed by atoms with Gasteiger partial charge in [0.25, 0.3) is 0 Å². The summed E-state index contributed by atoms with van der Waals surface area (Å²) < 4.78 is 1.26. The normalized spacial score (nSPS) is 17.7. The molecule has 0 unspecified atom stereocenters. The number of piperidine rings is 1. The molecule has 1 amide bonds. The summed E-state index contributed by atoms with van der Waals surface area (Å²) in [5, 5.41) is 4.87. The molecule has 19 heavy (non-hydrogen) atoms. The molecular weight excluding hydrogens is 256 g/mol. The van der Waals surface area contributed by atoms with Gasteiger partial charge in [0, 0.05) is 4.70 Å². The van der Waals surface area contributed by atoms with Gasteiger partial charge in [-0.2, -0.15) is 0 Å². The molecule has 1 aromatic heterocycles. The minimum atomic E-state index is 0.685. The van der Waals surface area contributed by atoms with Gasteiger partial charge in [0.15, 0.2) is 0 Å². The van der Waals surface area contributed by atoms with Gasteiger partial charge in [-0.25, -0.2) is 0 Å². The highest BCUT2D eigenvalue weighted by molar-refractivity contribution is 7.22. The number of hydrogen-bond acceptors (Lipinski definition) is 3. The molecule has 0 radical (unpaired) electrons. The lowest BCUT2D eigenvalue weighted by atomic mass is 9.89. The Hall–Kier alpha value is -1.39. The van der Waals surface area contributed by atoms with Gasteiger partial charge in [0.1, 0.15) is 0 Å². The Kier molecular flexibility index (Phi) is 3.53. The third kappa shape index (κ3) is 2.65. The van der Waals surface area contributed by atoms with Crippen LogP contribution in [0.1, 0.15) is 24.3 Å². The number of nitrogens with zero attached hydrogens (tertiary/aromatic N) is 1. The fourth-order valence-corrected chi connectivity index (χ4v) is 3.74. The van der Waals surface area contributed by atoms with Crippen molar-refractivity contribution in [2.24, 2.45) is 0 Å². The largest absolute Gasteiger partial charge is 0.320 e. The maximum absolute atomic E-state index is 10.5. The van der Waals surface area contributed by atoms with Gasteiger partial charge in [0.05, 0.1) is 5.00 Å². The number of fused-ring (bicyclic) bond motifs is 1. The molecule has 0 spiro atoms. The molecule has 3 nitrogen and oxygen atoms in total. The second kappa shape index (κ2) is 5.31. The Balaban J connectivity index is 1.86. The minimum Gasteiger partial charge on any atom is -0.320 e. The van der Waals surface area contributed by atoms with E-state index in [2.05, 4.69) is 35.5 Å². The predicted octanol–water partition coefficient (Wildman–Crippen LogP) is 3.28. The van der Waals surface area contributed by atoms with Crippen molar-refractivity contribution in [2.75, 3.05) is 25.5 Å². The molecule has 1 aromatic carbocycles. The van der Waals surface area contributed by atoms with Crippen LogP contribution < -0.4 is 5.32 Å². The zero-order valence-corrected chi connectivity index (χ0v) is 11.9. The van der Waals surface area contributed by atoms with E-state index in [9.17, 15) is 4.79 Å². The molecule has 1 saturated heterocycles. The van der Waals surface area contributed by atoms with Gasteiger partial charge in [-0.05, 0) is 62.0 Å². The van der Waals surface area contributed by atoms with Crippen LogP contribution in [0.4, 0.5) is 5.00 Å². The first-order valence-electron chi connectivity index (χ1n) is 6.68. The number of thiophene rings is 1. The van der Waals surface area contributed by atoms with Crippen LogP contribution in [0.5, 0.6) is 0 Å². The van der Waals surface area contributed by atoms with Crippen molar-refractivity contribution in [1.29, 1.82) is 0 Å². The summed E-state index contributed by atoms with van der Waals surface area (Å²) in [6, 6.07) is 8.75. The number of nitrogens with one attached hydrogen (secondary N) is 1. The second-order valence-electron chi connectivity index (χ2n) is 5.25. The van der Waals surface area contributed by atoms with Gasteiger partial charge in [-0.3, -0.25) is 4.79 Å². The first kappa shape index (κ1) is 12.6. The Morgan fingerprint density at radius 2 is 2.11 bits per heavy atom. The minimum absolute atomic E-state index is 0.685. The molecule has 2 aromatic rings. The molecule has 0 atom stereocenters. The Bertz CT molecular complexity index is 585. The molecular formula is C15H18N2OS. The van der Waals surface area contributed by atoms with E-state index in [1.807, 2.05) is 6.07 Å². The fourth-order valence-electron chi connectivity index (χ4n) is 2.77. The number of hydrogen-bond donors (Lipinski definition) is 1. The van der Waals surface area contributed by atoms with Gasteiger partial charge < -0.3 is 10.2 Å². The molecule has 4 heteroatoms. The van der Waals surface area contributed by atoms with E-state index in [4.69, 9.17) is 0 Å². The smallest absolute Gasteiger partial charge is 0.212 e. The van der Waals surface area contributed by atoms with Crippen molar-refractivity contribution in [3.8, 4) is 0 Å². The number of anilines is 1. The van der Waals surface area contributed by atoms with Crippen molar-refractivity contribution in [3.05, 3.63) is 29.8 Å². The summed E-state index contributed by atoms with van der Waals surface area (Å²) in [5.41, 5.74) is 1.44. The summed E-state index contributed by atoms with van der Waals surface area (Å²) >= 11 is 1.65. The number of benzene rings is 1. The number of carbonyl (C=O) groups excluding carboxylic acids is 1. The molecule has 1 aliphatic heterocycles. The summed E-state index contributed by atoms with van der Waals surface area (Å²) in [4.78, 5) is 12.9. The lowest BCUT2D eigenvalue weighted by molar-refractivity contribution is -0.105. The van der Waals surface area contributed by atoms with E-state index in [0.29, 0.717) is 5.92 Å². The summed E-state index contributed by atoms with van der Waals surface area (Å²) in [6.07, 6.45) is 3.22. The number of likely N-dealkylation sites (tertiary alicyclic amines) is 1.